The highest BCUT2D eigenvalue weighted by Crippen LogP contribution is 2.14. The first-order valence-corrected chi connectivity index (χ1v) is 9.08. The van der Waals surface area contributed by atoms with Crippen LogP contribution >= 0.6 is 0 Å². The summed E-state index contributed by atoms with van der Waals surface area (Å²) in [5, 5.41) is 0. The molecule has 0 N–H and O–H groups in total. The summed E-state index contributed by atoms with van der Waals surface area (Å²) in [7, 11) is 0. The zero-order chi connectivity index (χ0) is 13.8. The number of halogens is 1. The second kappa shape index (κ2) is 6.56. The summed E-state index contributed by atoms with van der Waals surface area (Å²) in [5.41, 5.74) is 3.04. The molecule has 2 aromatic rings. The van der Waals surface area contributed by atoms with E-state index in [4.69, 9.17) is 0 Å². The van der Waals surface area contributed by atoms with Crippen molar-refractivity contribution in [1.82, 2.24) is 0 Å². The first kappa shape index (κ1) is 14.6. The molecule has 0 amide bonds. The molecule has 0 atom stereocenters. The maximum absolute atomic E-state index is 2.32. The third-order valence-corrected chi connectivity index (χ3v) is 6.39. The van der Waals surface area contributed by atoms with Crippen LogP contribution < -0.4 is 21.2 Å². The molecule has 0 heterocycles. The third-order valence-electron chi connectivity index (χ3n) is 3.26. The zero-order valence-electron chi connectivity index (χ0n) is 12.2. The first-order valence-electron chi connectivity index (χ1n) is 6.92. The lowest BCUT2D eigenvalue weighted by atomic mass is 10.0. The van der Waals surface area contributed by atoms with Crippen molar-refractivity contribution in [2.24, 2.45) is 0 Å². The Labute approximate surface area is 127 Å². The van der Waals surface area contributed by atoms with E-state index in [-0.39, 0.29) is 21.2 Å². The second-order valence-corrected chi connectivity index (χ2v) is 8.31. The van der Waals surface area contributed by atoms with Gasteiger partial charge in [-0.15, -0.1) is 0 Å². The summed E-state index contributed by atoms with van der Waals surface area (Å²) >= 11 is -0.0818. The van der Waals surface area contributed by atoms with Gasteiger partial charge in [-0.05, 0) is 24.0 Å². The van der Waals surface area contributed by atoms with Gasteiger partial charge in [0.2, 0.25) is 0 Å². The van der Waals surface area contributed by atoms with Crippen LogP contribution in [0.2, 0.25) is 0 Å². The van der Waals surface area contributed by atoms with Crippen molar-refractivity contribution in [2.45, 2.75) is 39.5 Å². The van der Waals surface area contributed by atoms with Gasteiger partial charge in [0, 0.05) is 11.1 Å². The molecule has 0 saturated carbocycles. The molecule has 0 aliphatic rings. The number of rotatable bonds is 4. The highest BCUT2D eigenvalue weighted by molar-refractivity contribution is 5.20. The number of benzene rings is 2. The fourth-order valence-electron chi connectivity index (χ4n) is 2.17. The maximum atomic E-state index is 2.32. The second-order valence-electron chi connectivity index (χ2n) is 5.45. The summed E-state index contributed by atoms with van der Waals surface area (Å²) < 4.78 is 3.15. The van der Waals surface area contributed by atoms with Gasteiger partial charge in [0.1, 0.15) is 0 Å². The molecule has 0 bridgehead atoms. The van der Waals surface area contributed by atoms with Crippen LogP contribution in [0.15, 0.2) is 48.5 Å². The lowest BCUT2D eigenvalue weighted by Crippen LogP contribution is -3.62. The van der Waals surface area contributed by atoms with Crippen LogP contribution in [-0.4, -0.2) is 0 Å². The van der Waals surface area contributed by atoms with Crippen molar-refractivity contribution < 1.29 is 21.2 Å². The van der Waals surface area contributed by atoms with E-state index in [9.17, 15) is 0 Å². The zero-order valence-corrected chi connectivity index (χ0v) is 14.3. The van der Waals surface area contributed by atoms with E-state index in [0.717, 1.165) is 0 Å². The van der Waals surface area contributed by atoms with Gasteiger partial charge in [-0.1, -0.05) is 64.1 Å². The number of hydrogen-bond acceptors (Lipinski definition) is 0. The van der Waals surface area contributed by atoms with Crippen molar-refractivity contribution in [3.05, 3.63) is 66.8 Å². The number of hydrogen-bond donors (Lipinski definition) is 0. The predicted molar refractivity (Wildman–Crippen MR) is 78.5 cm³/mol. The van der Waals surface area contributed by atoms with Gasteiger partial charge < -0.3 is 0 Å². The molecular weight excluding hydrogens is 343 g/mol. The lowest BCUT2D eigenvalue weighted by molar-refractivity contribution is -0.599. The normalized spacial score (nSPS) is 11.3. The summed E-state index contributed by atoms with van der Waals surface area (Å²) in [6.07, 6.45) is 0. The van der Waals surface area contributed by atoms with Crippen LogP contribution in [-0.2, 0) is 0 Å². The van der Waals surface area contributed by atoms with E-state index >= 15 is 0 Å². The summed E-state index contributed by atoms with van der Waals surface area (Å²) in [4.78, 5) is 0. The Morgan fingerprint density at radius 2 is 1.00 bits per heavy atom. The van der Waals surface area contributed by atoms with Gasteiger partial charge in [0.25, 0.3) is 0 Å². The van der Waals surface area contributed by atoms with Crippen molar-refractivity contribution in [1.29, 1.82) is 0 Å². The van der Waals surface area contributed by atoms with Crippen molar-refractivity contribution >= 4 is 0 Å². The summed E-state index contributed by atoms with van der Waals surface area (Å²) in [6.45, 7) is 9.15. The van der Waals surface area contributed by atoms with E-state index in [0.29, 0.717) is 11.8 Å². The van der Waals surface area contributed by atoms with Crippen LogP contribution in [0.4, 0.5) is 0 Å². The standard InChI is InChI=1S/C18H22I/c1-13(2)15-9-5-7-11-17(15)19-18-12-8-6-10-16(18)14(3)4/h5-14H,1-4H3/q+1. The van der Waals surface area contributed by atoms with Gasteiger partial charge >= 0.3 is 21.2 Å². The minimum Gasteiger partial charge on any atom is -0.0617 e. The van der Waals surface area contributed by atoms with Crippen molar-refractivity contribution in [3.63, 3.8) is 0 Å². The molecule has 2 aromatic carbocycles. The molecule has 0 spiro atoms. The van der Waals surface area contributed by atoms with Crippen LogP contribution in [0.1, 0.15) is 50.7 Å². The predicted octanol–water partition coefficient (Wildman–Crippen LogP) is 2.06. The Hall–Kier alpha value is -0.830. The molecule has 0 saturated heterocycles. The molecule has 0 aromatic heterocycles. The lowest BCUT2D eigenvalue weighted by Gasteiger charge is -2.07. The van der Waals surface area contributed by atoms with Gasteiger partial charge in [-0.2, -0.15) is 0 Å². The van der Waals surface area contributed by atoms with Crippen LogP contribution in [0, 0.1) is 7.14 Å². The fourth-order valence-corrected chi connectivity index (χ4v) is 5.80. The monoisotopic (exact) mass is 365 g/mol. The fraction of sp³-hybridized carbons (Fsp3) is 0.333. The molecular formula is C18H22I+. The quantitative estimate of drug-likeness (QED) is 0.728. The highest BCUT2D eigenvalue weighted by atomic mass is 127. The smallest absolute Gasteiger partial charge is 0.0617 e. The van der Waals surface area contributed by atoms with E-state index in [1.807, 2.05) is 0 Å². The Balaban J connectivity index is 2.37. The van der Waals surface area contributed by atoms with Crippen LogP contribution in [0.25, 0.3) is 0 Å². The minimum absolute atomic E-state index is 0.0818. The minimum atomic E-state index is -0.0818. The maximum Gasteiger partial charge on any atom is 0.358 e. The third kappa shape index (κ3) is 3.59. The largest absolute Gasteiger partial charge is 0.358 e. The van der Waals surface area contributed by atoms with Gasteiger partial charge in [-0.25, -0.2) is 0 Å². The van der Waals surface area contributed by atoms with E-state index in [2.05, 4.69) is 76.2 Å². The van der Waals surface area contributed by atoms with Gasteiger partial charge in [0.05, 0.1) is 0 Å². The Morgan fingerprint density at radius 3 is 1.37 bits per heavy atom. The van der Waals surface area contributed by atoms with E-state index in [1.54, 1.807) is 7.14 Å². The molecule has 100 valence electrons. The molecule has 19 heavy (non-hydrogen) atoms. The van der Waals surface area contributed by atoms with Crippen LogP contribution in [0.5, 0.6) is 0 Å². The van der Waals surface area contributed by atoms with Crippen molar-refractivity contribution in [2.75, 3.05) is 0 Å². The molecule has 0 nitrogen and oxygen atoms in total. The SMILES string of the molecule is CC(C)c1ccccc1[I+]c1ccccc1C(C)C. The molecule has 0 aliphatic heterocycles. The summed E-state index contributed by atoms with van der Waals surface area (Å²) in [6, 6.07) is 17.9. The average Bonchev–Trinajstić information content (AvgIpc) is 2.39. The summed E-state index contributed by atoms with van der Waals surface area (Å²) in [5.74, 6) is 1.23. The first-order chi connectivity index (χ1) is 9.09. The topological polar surface area (TPSA) is 0 Å². The van der Waals surface area contributed by atoms with Gasteiger partial charge in [0.15, 0.2) is 7.14 Å². The Kier molecular flexibility index (Phi) is 5.03. The van der Waals surface area contributed by atoms with Gasteiger partial charge in [-0.3, -0.25) is 0 Å². The van der Waals surface area contributed by atoms with Crippen molar-refractivity contribution in [3.8, 4) is 0 Å². The molecule has 0 unspecified atom stereocenters. The average molecular weight is 365 g/mol. The molecule has 0 aliphatic carbocycles. The van der Waals surface area contributed by atoms with Crippen LogP contribution in [0.3, 0.4) is 0 Å². The molecule has 0 radical (unpaired) electrons. The van der Waals surface area contributed by atoms with E-state index in [1.165, 1.54) is 11.1 Å². The molecule has 1 heteroatoms. The molecule has 2 rings (SSSR count). The molecule has 0 fully saturated rings. The Morgan fingerprint density at radius 1 is 0.632 bits per heavy atom. The Bertz CT molecular complexity index is 491. The van der Waals surface area contributed by atoms with E-state index < -0.39 is 0 Å². The highest BCUT2D eigenvalue weighted by Gasteiger charge is 2.24.